The number of methoxy groups -OCH3 is 1. The summed E-state index contributed by atoms with van der Waals surface area (Å²) >= 11 is 1.90. The molecule has 0 atom stereocenters. The minimum absolute atomic E-state index is 0.248. The second-order valence-corrected chi connectivity index (χ2v) is 3.62. The van der Waals surface area contributed by atoms with E-state index in [0.29, 0.717) is 9.15 Å². The lowest BCUT2D eigenvalue weighted by Crippen LogP contribution is -1.90. The lowest BCUT2D eigenvalue weighted by molar-refractivity contribution is 0.385. The predicted octanol–water partition coefficient (Wildman–Crippen LogP) is 3.19. The van der Waals surface area contributed by atoms with Crippen LogP contribution in [0, 0.1) is 9.39 Å². The summed E-state index contributed by atoms with van der Waals surface area (Å²) in [5, 5.41) is 0.850. The van der Waals surface area contributed by atoms with Crippen LogP contribution in [-0.4, -0.2) is 7.11 Å². The monoisotopic (exact) mass is 292 g/mol. The van der Waals surface area contributed by atoms with E-state index in [1.54, 1.807) is 12.1 Å². The third-order valence-corrected chi connectivity index (χ3v) is 2.77. The number of hydrogen-bond donors (Lipinski definition) is 0. The average molecular weight is 292 g/mol. The Labute approximate surface area is 87.8 Å². The van der Waals surface area contributed by atoms with Crippen molar-refractivity contribution in [2.24, 2.45) is 0 Å². The minimum Gasteiger partial charge on any atom is -0.494 e. The van der Waals surface area contributed by atoms with Crippen molar-refractivity contribution in [3.63, 3.8) is 0 Å². The van der Waals surface area contributed by atoms with Gasteiger partial charge >= 0.3 is 0 Å². The SMILES string of the molecule is COc1cc2ccoc2c(I)c1F. The van der Waals surface area contributed by atoms with E-state index in [0.717, 1.165) is 5.39 Å². The molecule has 0 N–H and O–H groups in total. The molecule has 0 saturated carbocycles. The third-order valence-electron chi connectivity index (χ3n) is 1.81. The molecule has 2 aromatic rings. The molecule has 0 aliphatic rings. The van der Waals surface area contributed by atoms with Crippen molar-refractivity contribution in [3.05, 3.63) is 27.8 Å². The Kier molecular flexibility index (Phi) is 2.15. The predicted molar refractivity (Wildman–Crippen MR) is 55.4 cm³/mol. The van der Waals surface area contributed by atoms with Gasteiger partial charge in [0.05, 0.1) is 16.9 Å². The summed E-state index contributed by atoms with van der Waals surface area (Å²) in [7, 11) is 1.44. The van der Waals surface area contributed by atoms with Gasteiger partial charge in [0.15, 0.2) is 11.6 Å². The molecule has 4 heteroatoms. The van der Waals surface area contributed by atoms with Crippen LogP contribution in [0.1, 0.15) is 0 Å². The number of benzene rings is 1. The van der Waals surface area contributed by atoms with E-state index >= 15 is 0 Å². The van der Waals surface area contributed by atoms with Gasteiger partial charge in [-0.2, -0.15) is 0 Å². The first-order valence-electron chi connectivity index (χ1n) is 3.63. The molecule has 13 heavy (non-hydrogen) atoms. The molecule has 2 rings (SSSR count). The van der Waals surface area contributed by atoms with Gasteiger partial charge in [-0.1, -0.05) is 0 Å². The fraction of sp³-hybridized carbons (Fsp3) is 0.111. The molecule has 1 aromatic carbocycles. The number of rotatable bonds is 1. The van der Waals surface area contributed by atoms with Gasteiger partial charge < -0.3 is 9.15 Å². The first kappa shape index (κ1) is 8.80. The van der Waals surface area contributed by atoms with Crippen molar-refractivity contribution in [1.29, 1.82) is 0 Å². The first-order chi connectivity index (χ1) is 6.24. The van der Waals surface area contributed by atoms with Gasteiger partial charge in [-0.25, -0.2) is 4.39 Å². The standard InChI is InChI=1S/C9H6FIO2/c1-12-6-4-5-2-3-13-9(5)8(11)7(6)10/h2-4H,1H3. The van der Waals surface area contributed by atoms with Crippen molar-refractivity contribution in [3.8, 4) is 5.75 Å². The molecular weight excluding hydrogens is 286 g/mol. The molecule has 0 radical (unpaired) electrons. The summed E-state index contributed by atoms with van der Waals surface area (Å²) in [5.74, 6) is -0.121. The summed E-state index contributed by atoms with van der Waals surface area (Å²) in [6.45, 7) is 0. The van der Waals surface area contributed by atoms with Gasteiger partial charge in [0.1, 0.15) is 5.58 Å². The molecule has 0 bridgehead atoms. The normalized spacial score (nSPS) is 10.7. The molecule has 0 fully saturated rings. The van der Waals surface area contributed by atoms with Crippen molar-refractivity contribution in [2.45, 2.75) is 0 Å². The van der Waals surface area contributed by atoms with Gasteiger partial charge in [-0.15, -0.1) is 0 Å². The maximum atomic E-state index is 13.4. The molecule has 0 aliphatic heterocycles. The topological polar surface area (TPSA) is 22.4 Å². The zero-order valence-electron chi connectivity index (χ0n) is 6.80. The zero-order valence-corrected chi connectivity index (χ0v) is 8.96. The fourth-order valence-electron chi connectivity index (χ4n) is 1.17. The Morgan fingerprint density at radius 2 is 2.31 bits per heavy atom. The summed E-state index contributed by atoms with van der Waals surface area (Å²) < 4.78 is 23.9. The van der Waals surface area contributed by atoms with E-state index < -0.39 is 0 Å². The van der Waals surface area contributed by atoms with Crippen molar-refractivity contribution in [1.82, 2.24) is 0 Å². The molecule has 0 saturated heterocycles. The van der Waals surface area contributed by atoms with Crippen LogP contribution >= 0.6 is 22.6 Å². The smallest absolute Gasteiger partial charge is 0.182 e. The molecule has 0 amide bonds. The Bertz CT molecular complexity index is 450. The maximum absolute atomic E-state index is 13.4. The van der Waals surface area contributed by atoms with E-state index in [1.807, 2.05) is 22.6 Å². The minimum atomic E-state index is -0.370. The summed E-state index contributed by atoms with van der Waals surface area (Å²) in [6, 6.07) is 3.40. The van der Waals surface area contributed by atoms with E-state index in [-0.39, 0.29) is 11.6 Å². The van der Waals surface area contributed by atoms with Crippen LogP contribution in [0.15, 0.2) is 22.8 Å². The van der Waals surface area contributed by atoms with Crippen molar-refractivity contribution >= 4 is 33.6 Å². The second-order valence-electron chi connectivity index (χ2n) is 2.55. The van der Waals surface area contributed by atoms with E-state index in [2.05, 4.69) is 0 Å². The van der Waals surface area contributed by atoms with Crippen LogP contribution in [0.4, 0.5) is 4.39 Å². The molecule has 68 valence electrons. The number of ether oxygens (including phenoxy) is 1. The van der Waals surface area contributed by atoms with Crippen molar-refractivity contribution < 1.29 is 13.5 Å². The zero-order chi connectivity index (χ0) is 9.42. The van der Waals surface area contributed by atoms with Crippen LogP contribution in [0.2, 0.25) is 0 Å². The van der Waals surface area contributed by atoms with Crippen LogP contribution in [-0.2, 0) is 0 Å². The molecule has 0 spiro atoms. The van der Waals surface area contributed by atoms with Gasteiger partial charge in [0, 0.05) is 5.39 Å². The van der Waals surface area contributed by atoms with Gasteiger partial charge in [-0.05, 0) is 34.7 Å². The quantitative estimate of drug-likeness (QED) is 0.753. The molecular formula is C9H6FIO2. The Balaban J connectivity index is 2.83. The highest BCUT2D eigenvalue weighted by atomic mass is 127. The Morgan fingerprint density at radius 3 is 3.00 bits per heavy atom. The molecule has 0 aliphatic carbocycles. The highest BCUT2D eigenvalue weighted by Gasteiger charge is 2.13. The van der Waals surface area contributed by atoms with E-state index in [9.17, 15) is 4.39 Å². The van der Waals surface area contributed by atoms with E-state index in [1.165, 1.54) is 13.4 Å². The molecule has 2 nitrogen and oxygen atoms in total. The first-order valence-corrected chi connectivity index (χ1v) is 4.71. The number of furan rings is 1. The molecule has 1 heterocycles. The van der Waals surface area contributed by atoms with Gasteiger partial charge in [0.25, 0.3) is 0 Å². The van der Waals surface area contributed by atoms with Crippen LogP contribution in [0.25, 0.3) is 11.0 Å². The van der Waals surface area contributed by atoms with E-state index in [4.69, 9.17) is 9.15 Å². The summed E-state index contributed by atoms with van der Waals surface area (Å²) in [5.41, 5.74) is 0.568. The number of fused-ring (bicyclic) bond motifs is 1. The van der Waals surface area contributed by atoms with Gasteiger partial charge in [0.2, 0.25) is 0 Å². The highest BCUT2D eigenvalue weighted by molar-refractivity contribution is 14.1. The lowest BCUT2D eigenvalue weighted by atomic mass is 10.2. The van der Waals surface area contributed by atoms with Gasteiger partial charge in [-0.3, -0.25) is 0 Å². The maximum Gasteiger partial charge on any atom is 0.182 e. The number of halogens is 2. The Hall–Kier alpha value is -0.780. The third kappa shape index (κ3) is 1.29. The van der Waals surface area contributed by atoms with Crippen LogP contribution in [0.3, 0.4) is 0 Å². The van der Waals surface area contributed by atoms with Crippen molar-refractivity contribution in [2.75, 3.05) is 7.11 Å². The molecule has 1 aromatic heterocycles. The average Bonchev–Trinajstić information content (AvgIpc) is 2.59. The van der Waals surface area contributed by atoms with Crippen LogP contribution < -0.4 is 4.74 Å². The fourth-order valence-corrected chi connectivity index (χ4v) is 1.88. The molecule has 0 unspecified atom stereocenters. The highest BCUT2D eigenvalue weighted by Crippen LogP contribution is 2.31. The Morgan fingerprint density at radius 1 is 1.54 bits per heavy atom. The summed E-state index contributed by atoms with van der Waals surface area (Å²) in [4.78, 5) is 0. The lowest BCUT2D eigenvalue weighted by Gasteiger charge is -2.03. The largest absolute Gasteiger partial charge is 0.494 e. The number of hydrogen-bond acceptors (Lipinski definition) is 2. The second kappa shape index (κ2) is 3.17. The summed E-state index contributed by atoms with van der Waals surface area (Å²) in [6.07, 6.45) is 1.53. The van der Waals surface area contributed by atoms with Crippen LogP contribution in [0.5, 0.6) is 5.75 Å².